The van der Waals surface area contributed by atoms with E-state index in [1.807, 2.05) is 10.8 Å². The number of carbonyl (C=O) groups is 1. The topological polar surface area (TPSA) is 137 Å². The van der Waals surface area contributed by atoms with E-state index >= 15 is 0 Å². The smallest absolute Gasteiger partial charge is 0.353 e. The quantitative estimate of drug-likeness (QED) is 0.223. The van der Waals surface area contributed by atoms with E-state index in [0.717, 1.165) is 13.0 Å². The number of hydrogen-bond acceptors (Lipinski definition) is 9. The lowest BCUT2D eigenvalue weighted by Gasteiger charge is -2.11. The molecule has 0 amide bonds. The van der Waals surface area contributed by atoms with Crippen LogP contribution in [0.25, 0.3) is 0 Å². The second kappa shape index (κ2) is 9.96. The number of aromatic nitrogens is 4. The number of nitrogens with zero attached hydrogens (tertiary/aromatic N) is 5. The average Bonchev–Trinajstić information content (AvgIpc) is 3.25. The molecule has 11 heteroatoms. The molecule has 0 aliphatic carbocycles. The van der Waals surface area contributed by atoms with Crippen molar-refractivity contribution < 1.29 is 14.5 Å². The van der Waals surface area contributed by atoms with E-state index in [4.69, 9.17) is 4.74 Å². The number of nitro groups is 1. The maximum Gasteiger partial charge on any atom is 0.353 e. The number of carbonyl (C=O) groups excluding carboxylic acids is 1. The van der Waals surface area contributed by atoms with Gasteiger partial charge in [-0.2, -0.15) is 0 Å². The van der Waals surface area contributed by atoms with E-state index < -0.39 is 10.9 Å². The number of aryl methyl sites for hydroxylation is 1. The summed E-state index contributed by atoms with van der Waals surface area (Å²) in [4.78, 5) is 35.0. The van der Waals surface area contributed by atoms with Crippen LogP contribution in [-0.4, -0.2) is 43.6 Å². The molecule has 0 atom stereocenters. The molecule has 0 aliphatic heterocycles. The average molecular weight is 411 g/mol. The summed E-state index contributed by atoms with van der Waals surface area (Å²) in [6.45, 7) is 3.17. The number of ether oxygens (including phenoxy) is 1. The molecule has 30 heavy (non-hydrogen) atoms. The highest BCUT2D eigenvalue weighted by Gasteiger charge is 2.23. The van der Waals surface area contributed by atoms with Gasteiger partial charge in [-0.1, -0.05) is 6.07 Å². The Morgan fingerprint density at radius 3 is 2.87 bits per heavy atom. The minimum absolute atomic E-state index is 0.0214. The third kappa shape index (κ3) is 5.28. The van der Waals surface area contributed by atoms with Crippen LogP contribution in [0.4, 0.5) is 23.0 Å². The number of nitrogens with one attached hydrogen (secondary N) is 2. The van der Waals surface area contributed by atoms with Gasteiger partial charge >= 0.3 is 11.7 Å². The fourth-order valence-corrected chi connectivity index (χ4v) is 2.74. The third-order valence-electron chi connectivity index (χ3n) is 4.09. The Labute approximate surface area is 172 Å². The second-order valence-electron chi connectivity index (χ2n) is 6.18. The number of imidazole rings is 1. The minimum atomic E-state index is -0.546. The standard InChI is InChI=1S/C19H21N7O4/c1-2-30-19(27)14-5-3-6-15(11-14)24-18-16(26(28)29)17(22-12-23-18)21-7-4-9-25-10-8-20-13-25/h3,5-6,8,10-13H,2,4,7,9H2,1H3,(H2,21,22,23,24). The predicted molar refractivity (Wildman–Crippen MR) is 110 cm³/mol. The van der Waals surface area contributed by atoms with Crippen LogP contribution < -0.4 is 10.6 Å². The number of esters is 1. The summed E-state index contributed by atoms with van der Waals surface area (Å²) in [7, 11) is 0. The zero-order chi connectivity index (χ0) is 21.3. The Kier molecular flexibility index (Phi) is 6.87. The summed E-state index contributed by atoms with van der Waals surface area (Å²) < 4.78 is 6.90. The van der Waals surface area contributed by atoms with Gasteiger partial charge in [-0.15, -0.1) is 0 Å². The van der Waals surface area contributed by atoms with E-state index in [2.05, 4.69) is 25.6 Å². The van der Waals surface area contributed by atoms with E-state index in [-0.39, 0.29) is 23.9 Å². The van der Waals surface area contributed by atoms with Crippen molar-refractivity contribution >= 4 is 29.0 Å². The Morgan fingerprint density at radius 1 is 1.30 bits per heavy atom. The Balaban J connectivity index is 1.73. The van der Waals surface area contributed by atoms with E-state index in [1.54, 1.807) is 43.7 Å². The normalized spacial score (nSPS) is 10.4. The van der Waals surface area contributed by atoms with Gasteiger partial charge in [0.25, 0.3) is 0 Å². The Bertz CT molecular complexity index is 1010. The first-order valence-corrected chi connectivity index (χ1v) is 9.31. The highest BCUT2D eigenvalue weighted by molar-refractivity contribution is 5.91. The molecule has 0 radical (unpaired) electrons. The predicted octanol–water partition coefficient (Wildman–Crippen LogP) is 3.00. The van der Waals surface area contributed by atoms with E-state index in [9.17, 15) is 14.9 Å². The first kappa shape index (κ1) is 20.7. The van der Waals surface area contributed by atoms with Gasteiger partial charge in [-0.05, 0) is 31.5 Å². The van der Waals surface area contributed by atoms with Crippen LogP contribution >= 0.6 is 0 Å². The largest absolute Gasteiger partial charge is 0.462 e. The third-order valence-corrected chi connectivity index (χ3v) is 4.09. The zero-order valence-electron chi connectivity index (χ0n) is 16.3. The Hall–Kier alpha value is -4.02. The molecular weight excluding hydrogens is 390 g/mol. The monoisotopic (exact) mass is 411 g/mol. The molecule has 0 saturated carbocycles. The van der Waals surface area contributed by atoms with Gasteiger partial charge in [-0.3, -0.25) is 10.1 Å². The summed E-state index contributed by atoms with van der Waals surface area (Å²) in [5.74, 6) is -0.337. The SMILES string of the molecule is CCOC(=O)c1cccc(Nc2ncnc(NCCCn3ccnc3)c2[N+](=O)[O-])c1. The molecule has 0 aliphatic rings. The lowest BCUT2D eigenvalue weighted by atomic mass is 10.2. The molecule has 3 aromatic rings. The van der Waals surface area contributed by atoms with Gasteiger partial charge < -0.3 is 19.9 Å². The van der Waals surface area contributed by atoms with Crippen LogP contribution in [0.3, 0.4) is 0 Å². The maximum absolute atomic E-state index is 11.9. The highest BCUT2D eigenvalue weighted by Crippen LogP contribution is 2.31. The fourth-order valence-electron chi connectivity index (χ4n) is 2.74. The maximum atomic E-state index is 11.9. The first-order valence-electron chi connectivity index (χ1n) is 9.31. The fraction of sp³-hybridized carbons (Fsp3) is 0.263. The molecule has 11 nitrogen and oxygen atoms in total. The van der Waals surface area contributed by atoms with Crippen molar-refractivity contribution in [2.75, 3.05) is 23.8 Å². The van der Waals surface area contributed by atoms with Gasteiger partial charge in [0.15, 0.2) is 0 Å². The van der Waals surface area contributed by atoms with Crippen LogP contribution in [0.1, 0.15) is 23.7 Å². The number of benzene rings is 1. The van der Waals surface area contributed by atoms with E-state index in [1.165, 1.54) is 6.33 Å². The molecule has 1 aromatic carbocycles. The van der Waals surface area contributed by atoms with Crippen LogP contribution in [0.5, 0.6) is 0 Å². The van der Waals surface area contributed by atoms with Crippen molar-refractivity contribution in [2.24, 2.45) is 0 Å². The molecule has 2 aromatic heterocycles. The highest BCUT2D eigenvalue weighted by atomic mass is 16.6. The summed E-state index contributed by atoms with van der Waals surface area (Å²) in [5.41, 5.74) is 0.520. The summed E-state index contributed by atoms with van der Waals surface area (Å²) in [5, 5.41) is 17.6. The van der Waals surface area contributed by atoms with Crippen LogP contribution in [0, 0.1) is 10.1 Å². The molecule has 0 fully saturated rings. The van der Waals surface area contributed by atoms with Crippen molar-refractivity contribution in [1.82, 2.24) is 19.5 Å². The molecule has 0 spiro atoms. The summed E-state index contributed by atoms with van der Waals surface area (Å²) in [6, 6.07) is 6.47. The summed E-state index contributed by atoms with van der Waals surface area (Å²) in [6.07, 6.45) is 7.21. The van der Waals surface area contributed by atoms with Crippen molar-refractivity contribution in [3.05, 3.63) is 65.0 Å². The zero-order valence-corrected chi connectivity index (χ0v) is 16.3. The molecule has 2 N–H and O–H groups in total. The van der Waals surface area contributed by atoms with Crippen LogP contribution in [0.2, 0.25) is 0 Å². The van der Waals surface area contributed by atoms with Crippen molar-refractivity contribution in [2.45, 2.75) is 19.9 Å². The molecular formula is C19H21N7O4. The molecule has 156 valence electrons. The molecule has 0 saturated heterocycles. The van der Waals surface area contributed by atoms with Crippen molar-refractivity contribution in [3.63, 3.8) is 0 Å². The minimum Gasteiger partial charge on any atom is -0.462 e. The summed E-state index contributed by atoms with van der Waals surface area (Å²) >= 11 is 0. The van der Waals surface area contributed by atoms with Crippen LogP contribution in [0.15, 0.2) is 49.3 Å². The Morgan fingerprint density at radius 2 is 2.13 bits per heavy atom. The van der Waals surface area contributed by atoms with Gasteiger partial charge in [0.05, 0.1) is 23.4 Å². The second-order valence-corrected chi connectivity index (χ2v) is 6.18. The lowest BCUT2D eigenvalue weighted by Crippen LogP contribution is -2.11. The molecule has 2 heterocycles. The van der Waals surface area contributed by atoms with Gasteiger partial charge in [-0.25, -0.2) is 19.7 Å². The molecule has 3 rings (SSSR count). The van der Waals surface area contributed by atoms with Gasteiger partial charge in [0.2, 0.25) is 11.6 Å². The van der Waals surface area contributed by atoms with Gasteiger partial charge in [0.1, 0.15) is 6.33 Å². The van der Waals surface area contributed by atoms with Gasteiger partial charge in [0, 0.05) is 31.2 Å². The number of hydrogen-bond donors (Lipinski definition) is 2. The van der Waals surface area contributed by atoms with Crippen LogP contribution in [-0.2, 0) is 11.3 Å². The molecule has 0 bridgehead atoms. The van der Waals surface area contributed by atoms with E-state index in [0.29, 0.717) is 17.8 Å². The first-order chi connectivity index (χ1) is 14.6. The molecule has 0 unspecified atom stereocenters. The number of rotatable bonds is 10. The number of anilines is 3. The van der Waals surface area contributed by atoms with Crippen molar-refractivity contribution in [1.29, 1.82) is 0 Å². The lowest BCUT2D eigenvalue weighted by molar-refractivity contribution is -0.383. The van der Waals surface area contributed by atoms with Crippen molar-refractivity contribution in [3.8, 4) is 0 Å².